The molecule has 1 amide bonds. The molecule has 2 rings (SSSR count). The number of carbonyl (C=O) groups excluding carboxylic acids is 1. The summed E-state index contributed by atoms with van der Waals surface area (Å²) in [4.78, 5) is 24.6. The second kappa shape index (κ2) is 5.84. The van der Waals surface area contributed by atoms with Gasteiger partial charge in [0.2, 0.25) is 0 Å². The second-order valence-corrected chi connectivity index (χ2v) is 5.18. The lowest BCUT2D eigenvalue weighted by Gasteiger charge is -2.19. The summed E-state index contributed by atoms with van der Waals surface area (Å²) in [6.07, 6.45) is 0.737. The van der Waals surface area contributed by atoms with Gasteiger partial charge in [0.05, 0.1) is 5.56 Å². The number of fused-ring (bicyclic) bond motifs is 1. The molecule has 19 heavy (non-hydrogen) atoms. The molecule has 0 saturated carbocycles. The molecule has 1 N–H and O–H groups in total. The van der Waals surface area contributed by atoms with Gasteiger partial charge < -0.3 is 10.0 Å². The average molecular weight is 277 g/mol. The molecule has 5 heteroatoms. The lowest BCUT2D eigenvalue weighted by atomic mass is 10.1. The molecule has 0 saturated heterocycles. The Labute approximate surface area is 115 Å². The number of hydrogen-bond donors (Lipinski definition) is 1. The monoisotopic (exact) mass is 277 g/mol. The van der Waals surface area contributed by atoms with E-state index in [2.05, 4.69) is 0 Å². The number of carboxylic acid groups (broad SMARTS) is 1. The predicted octanol–water partition coefficient (Wildman–Crippen LogP) is 2.84. The quantitative estimate of drug-likeness (QED) is 0.914. The summed E-state index contributed by atoms with van der Waals surface area (Å²) < 4.78 is 1.04. The Balaban J connectivity index is 2.33. The Bertz CT molecular complexity index is 606. The number of rotatable bonds is 5. The molecule has 2 aromatic rings. The van der Waals surface area contributed by atoms with E-state index in [1.165, 1.54) is 16.2 Å². The van der Waals surface area contributed by atoms with E-state index in [1.54, 1.807) is 5.38 Å². The molecule has 0 aliphatic heterocycles. The highest BCUT2D eigenvalue weighted by molar-refractivity contribution is 7.17. The van der Waals surface area contributed by atoms with Crippen LogP contribution in [0.4, 0.5) is 0 Å². The van der Waals surface area contributed by atoms with Crippen molar-refractivity contribution in [2.75, 3.05) is 13.1 Å². The van der Waals surface area contributed by atoms with Gasteiger partial charge in [0, 0.05) is 22.0 Å². The number of amides is 1. The third kappa shape index (κ3) is 2.93. The first-order valence-electron chi connectivity index (χ1n) is 6.10. The van der Waals surface area contributed by atoms with Gasteiger partial charge in [-0.2, -0.15) is 0 Å². The van der Waals surface area contributed by atoms with Gasteiger partial charge in [-0.25, -0.2) is 0 Å². The minimum Gasteiger partial charge on any atom is -0.480 e. The van der Waals surface area contributed by atoms with Crippen LogP contribution in [-0.4, -0.2) is 35.0 Å². The minimum atomic E-state index is -0.985. The summed E-state index contributed by atoms with van der Waals surface area (Å²) >= 11 is 1.50. The van der Waals surface area contributed by atoms with E-state index < -0.39 is 5.97 Å². The molecule has 4 nitrogen and oxygen atoms in total. The van der Waals surface area contributed by atoms with Gasteiger partial charge in [-0.1, -0.05) is 25.1 Å². The summed E-state index contributed by atoms with van der Waals surface area (Å²) in [6.45, 7) is 2.13. The van der Waals surface area contributed by atoms with Gasteiger partial charge in [-0.15, -0.1) is 11.3 Å². The van der Waals surface area contributed by atoms with E-state index in [4.69, 9.17) is 5.11 Å². The molecule has 0 unspecified atom stereocenters. The summed E-state index contributed by atoms with van der Waals surface area (Å²) in [7, 11) is 0. The van der Waals surface area contributed by atoms with Crippen molar-refractivity contribution in [2.45, 2.75) is 13.3 Å². The number of thiophene rings is 1. The van der Waals surface area contributed by atoms with Crippen molar-refractivity contribution in [1.82, 2.24) is 4.90 Å². The average Bonchev–Trinajstić information content (AvgIpc) is 2.80. The van der Waals surface area contributed by atoms with Crippen LogP contribution in [0, 0.1) is 0 Å². The van der Waals surface area contributed by atoms with Crippen LogP contribution in [-0.2, 0) is 4.79 Å². The molecule has 1 aromatic heterocycles. The third-order valence-corrected chi connectivity index (χ3v) is 3.78. The van der Waals surface area contributed by atoms with Crippen molar-refractivity contribution in [2.24, 2.45) is 0 Å². The van der Waals surface area contributed by atoms with Crippen molar-refractivity contribution >= 4 is 33.3 Å². The standard InChI is InChI=1S/C14H15NO3S/c1-2-7-15(8-13(16)17)14(18)11-9-19-12-6-4-3-5-10(11)12/h3-6,9H,2,7-8H2,1H3,(H,16,17). The first-order valence-corrected chi connectivity index (χ1v) is 6.98. The largest absolute Gasteiger partial charge is 0.480 e. The van der Waals surface area contributed by atoms with Crippen molar-refractivity contribution in [3.63, 3.8) is 0 Å². The Kier molecular flexibility index (Phi) is 4.16. The zero-order valence-electron chi connectivity index (χ0n) is 10.6. The van der Waals surface area contributed by atoms with Crippen LogP contribution in [0.25, 0.3) is 10.1 Å². The fraction of sp³-hybridized carbons (Fsp3) is 0.286. The van der Waals surface area contributed by atoms with Gasteiger partial charge in [0.15, 0.2) is 0 Å². The normalized spacial score (nSPS) is 10.6. The molecule has 0 spiro atoms. The Morgan fingerprint density at radius 1 is 1.32 bits per heavy atom. The first-order chi connectivity index (χ1) is 9.13. The molecule has 1 heterocycles. The molecule has 0 atom stereocenters. The topological polar surface area (TPSA) is 57.6 Å². The van der Waals surface area contributed by atoms with Gasteiger partial charge in [0.25, 0.3) is 5.91 Å². The van der Waals surface area contributed by atoms with E-state index in [1.807, 2.05) is 31.2 Å². The molecule has 0 aliphatic carbocycles. The van der Waals surface area contributed by atoms with E-state index >= 15 is 0 Å². The smallest absolute Gasteiger partial charge is 0.323 e. The minimum absolute atomic E-state index is 0.207. The summed E-state index contributed by atoms with van der Waals surface area (Å²) in [6, 6.07) is 7.66. The number of benzene rings is 1. The van der Waals surface area contributed by atoms with Crippen LogP contribution in [0.3, 0.4) is 0 Å². The van der Waals surface area contributed by atoms with E-state index in [0.717, 1.165) is 16.5 Å². The molecule has 100 valence electrons. The molecular weight excluding hydrogens is 262 g/mol. The highest BCUT2D eigenvalue weighted by atomic mass is 32.1. The van der Waals surface area contributed by atoms with Crippen LogP contribution < -0.4 is 0 Å². The lowest BCUT2D eigenvalue weighted by molar-refractivity contribution is -0.137. The molecule has 0 radical (unpaired) electrons. The second-order valence-electron chi connectivity index (χ2n) is 4.27. The Morgan fingerprint density at radius 2 is 2.05 bits per heavy atom. The summed E-state index contributed by atoms with van der Waals surface area (Å²) in [5.74, 6) is -1.19. The third-order valence-electron chi connectivity index (χ3n) is 2.82. The number of carbonyl (C=O) groups is 2. The highest BCUT2D eigenvalue weighted by Crippen LogP contribution is 2.26. The van der Waals surface area contributed by atoms with Crippen molar-refractivity contribution in [3.05, 3.63) is 35.2 Å². The highest BCUT2D eigenvalue weighted by Gasteiger charge is 2.20. The fourth-order valence-corrected chi connectivity index (χ4v) is 2.93. The zero-order chi connectivity index (χ0) is 13.8. The molecule has 0 bridgehead atoms. The number of aliphatic carboxylic acids is 1. The van der Waals surface area contributed by atoms with Crippen molar-refractivity contribution in [1.29, 1.82) is 0 Å². The summed E-state index contributed by atoms with van der Waals surface area (Å²) in [5, 5.41) is 11.6. The lowest BCUT2D eigenvalue weighted by Crippen LogP contribution is -2.36. The molecule has 0 aliphatic rings. The number of hydrogen-bond acceptors (Lipinski definition) is 3. The van der Waals surface area contributed by atoms with Gasteiger partial charge in [-0.3, -0.25) is 9.59 Å². The van der Waals surface area contributed by atoms with Crippen LogP contribution in [0.15, 0.2) is 29.6 Å². The van der Waals surface area contributed by atoms with E-state index in [9.17, 15) is 9.59 Å². The SMILES string of the molecule is CCCN(CC(=O)O)C(=O)c1csc2ccccc12. The Hall–Kier alpha value is -1.88. The Morgan fingerprint density at radius 3 is 2.74 bits per heavy atom. The molecular formula is C14H15NO3S. The number of nitrogens with zero attached hydrogens (tertiary/aromatic N) is 1. The van der Waals surface area contributed by atoms with Crippen molar-refractivity contribution < 1.29 is 14.7 Å². The van der Waals surface area contributed by atoms with Crippen LogP contribution in [0.5, 0.6) is 0 Å². The zero-order valence-corrected chi connectivity index (χ0v) is 11.4. The fourth-order valence-electron chi connectivity index (χ4n) is 2.00. The van der Waals surface area contributed by atoms with Crippen molar-refractivity contribution in [3.8, 4) is 0 Å². The predicted molar refractivity (Wildman–Crippen MR) is 75.7 cm³/mol. The van der Waals surface area contributed by atoms with Gasteiger partial charge in [-0.05, 0) is 12.5 Å². The van der Waals surface area contributed by atoms with E-state index in [0.29, 0.717) is 12.1 Å². The molecule has 0 fully saturated rings. The van der Waals surface area contributed by atoms with Gasteiger partial charge >= 0.3 is 5.97 Å². The van der Waals surface area contributed by atoms with E-state index in [-0.39, 0.29) is 12.5 Å². The maximum Gasteiger partial charge on any atom is 0.323 e. The van der Waals surface area contributed by atoms with Crippen LogP contribution in [0.1, 0.15) is 23.7 Å². The summed E-state index contributed by atoms with van der Waals surface area (Å²) in [5.41, 5.74) is 0.593. The first kappa shape index (κ1) is 13.5. The maximum absolute atomic E-state index is 12.4. The molecule has 1 aromatic carbocycles. The van der Waals surface area contributed by atoms with Crippen LogP contribution >= 0.6 is 11.3 Å². The van der Waals surface area contributed by atoms with Crippen LogP contribution in [0.2, 0.25) is 0 Å². The number of carboxylic acids is 1. The maximum atomic E-state index is 12.4. The van der Waals surface area contributed by atoms with Gasteiger partial charge in [0.1, 0.15) is 6.54 Å².